The molecular formula is C15H21NO4. The van der Waals surface area contributed by atoms with Crippen LogP contribution in [0.4, 0.5) is 5.69 Å². The van der Waals surface area contributed by atoms with Gasteiger partial charge in [-0.2, -0.15) is 0 Å². The van der Waals surface area contributed by atoms with Crippen LogP contribution in [-0.2, 0) is 0 Å². The third-order valence-corrected chi connectivity index (χ3v) is 3.36. The van der Waals surface area contributed by atoms with Crippen LogP contribution in [-0.4, -0.2) is 22.4 Å². The van der Waals surface area contributed by atoms with E-state index in [0.29, 0.717) is 17.5 Å². The number of nitro benzene ring substituents is 1. The van der Waals surface area contributed by atoms with E-state index >= 15 is 0 Å². The maximum Gasteiger partial charge on any atom is 0.273 e. The second-order valence-corrected chi connectivity index (χ2v) is 4.99. The highest BCUT2D eigenvalue weighted by Gasteiger charge is 2.20. The standard InChI is InChI=1S/C15H21NO4/c1-3-4-5-6-15(18)12-7-8-13(11(2)10-17)14(9-12)16(19)20/h7-9,11,17H,3-6,10H2,1-2H3. The minimum absolute atomic E-state index is 0.0650. The van der Waals surface area contributed by atoms with E-state index in [1.165, 1.54) is 6.07 Å². The molecule has 5 nitrogen and oxygen atoms in total. The van der Waals surface area contributed by atoms with Crippen molar-refractivity contribution < 1.29 is 14.8 Å². The Hall–Kier alpha value is -1.75. The predicted molar refractivity (Wildman–Crippen MR) is 77.1 cm³/mol. The molecule has 20 heavy (non-hydrogen) atoms. The molecule has 0 aromatic heterocycles. The number of ketones is 1. The highest BCUT2D eigenvalue weighted by molar-refractivity contribution is 5.96. The normalized spacial score (nSPS) is 12.2. The molecule has 0 radical (unpaired) electrons. The van der Waals surface area contributed by atoms with Crippen LogP contribution in [0.1, 0.15) is 61.4 Å². The maximum absolute atomic E-state index is 12.0. The number of rotatable bonds is 8. The molecule has 0 fully saturated rings. The van der Waals surface area contributed by atoms with Crippen molar-refractivity contribution in [3.8, 4) is 0 Å². The first-order valence-corrected chi connectivity index (χ1v) is 6.93. The van der Waals surface area contributed by atoms with Crippen molar-refractivity contribution in [2.75, 3.05) is 6.61 Å². The van der Waals surface area contributed by atoms with Gasteiger partial charge in [0.25, 0.3) is 5.69 Å². The summed E-state index contributed by atoms with van der Waals surface area (Å²) in [6, 6.07) is 4.52. The van der Waals surface area contributed by atoms with Gasteiger partial charge in [0.1, 0.15) is 0 Å². The smallest absolute Gasteiger partial charge is 0.273 e. The molecule has 1 N–H and O–H groups in total. The molecule has 0 heterocycles. The molecule has 0 aliphatic rings. The first kappa shape index (κ1) is 16.3. The van der Waals surface area contributed by atoms with Gasteiger partial charge >= 0.3 is 0 Å². The largest absolute Gasteiger partial charge is 0.396 e. The molecule has 0 aliphatic carbocycles. The number of Topliss-reactive ketones (excluding diaryl/α,β-unsaturated/α-hetero) is 1. The molecule has 1 unspecified atom stereocenters. The molecule has 0 bridgehead atoms. The van der Waals surface area contributed by atoms with Gasteiger partial charge in [0.15, 0.2) is 5.78 Å². The van der Waals surface area contributed by atoms with Crippen LogP contribution >= 0.6 is 0 Å². The molecule has 0 saturated heterocycles. The second kappa shape index (κ2) is 7.75. The highest BCUT2D eigenvalue weighted by Crippen LogP contribution is 2.28. The Morgan fingerprint density at radius 3 is 2.65 bits per heavy atom. The van der Waals surface area contributed by atoms with Gasteiger partial charge in [-0.3, -0.25) is 14.9 Å². The lowest BCUT2D eigenvalue weighted by molar-refractivity contribution is -0.385. The van der Waals surface area contributed by atoms with Crippen LogP contribution in [0.2, 0.25) is 0 Å². The summed E-state index contributed by atoms with van der Waals surface area (Å²) in [6.45, 7) is 3.61. The number of unbranched alkanes of at least 4 members (excludes halogenated alkanes) is 2. The van der Waals surface area contributed by atoms with Crippen LogP contribution in [0.5, 0.6) is 0 Å². The summed E-state index contributed by atoms with van der Waals surface area (Å²) in [7, 11) is 0. The molecule has 1 atom stereocenters. The lowest BCUT2D eigenvalue weighted by Gasteiger charge is -2.10. The molecule has 0 spiro atoms. The van der Waals surface area contributed by atoms with Crippen LogP contribution in [0.15, 0.2) is 18.2 Å². The number of benzene rings is 1. The van der Waals surface area contributed by atoms with Gasteiger partial charge in [0.2, 0.25) is 0 Å². The Balaban J connectivity index is 2.98. The average Bonchev–Trinajstić information content (AvgIpc) is 2.45. The summed E-state index contributed by atoms with van der Waals surface area (Å²) >= 11 is 0. The Bertz CT molecular complexity index is 485. The maximum atomic E-state index is 12.0. The summed E-state index contributed by atoms with van der Waals surface area (Å²) in [4.78, 5) is 22.6. The van der Waals surface area contributed by atoms with Crippen molar-refractivity contribution >= 4 is 11.5 Å². The molecule has 1 rings (SSSR count). The van der Waals surface area contributed by atoms with E-state index in [1.54, 1.807) is 19.1 Å². The van der Waals surface area contributed by atoms with Gasteiger partial charge in [-0.05, 0) is 6.42 Å². The predicted octanol–water partition coefficient (Wildman–Crippen LogP) is 3.45. The Labute approximate surface area is 118 Å². The summed E-state index contributed by atoms with van der Waals surface area (Å²) in [6.07, 6.45) is 3.23. The number of hydrogen-bond acceptors (Lipinski definition) is 4. The summed E-state index contributed by atoms with van der Waals surface area (Å²) in [5.74, 6) is -0.385. The number of hydrogen-bond donors (Lipinski definition) is 1. The fourth-order valence-electron chi connectivity index (χ4n) is 2.07. The fourth-order valence-corrected chi connectivity index (χ4v) is 2.07. The van der Waals surface area contributed by atoms with Gasteiger partial charge in [0, 0.05) is 36.1 Å². The average molecular weight is 279 g/mol. The van der Waals surface area contributed by atoms with E-state index < -0.39 is 4.92 Å². The number of carbonyl (C=O) groups is 1. The molecular weight excluding hydrogens is 258 g/mol. The number of nitro groups is 1. The van der Waals surface area contributed by atoms with E-state index in [9.17, 15) is 14.9 Å². The van der Waals surface area contributed by atoms with Crippen LogP contribution in [0.3, 0.4) is 0 Å². The monoisotopic (exact) mass is 279 g/mol. The van der Waals surface area contributed by atoms with Crippen LogP contribution in [0.25, 0.3) is 0 Å². The minimum atomic E-state index is -0.496. The SMILES string of the molecule is CCCCCC(=O)c1ccc(C(C)CO)c([N+](=O)[O-])c1. The number of aliphatic hydroxyl groups excluding tert-OH is 1. The minimum Gasteiger partial charge on any atom is -0.396 e. The van der Waals surface area contributed by atoms with Gasteiger partial charge < -0.3 is 5.11 Å². The van der Waals surface area contributed by atoms with Crippen molar-refractivity contribution in [3.05, 3.63) is 39.4 Å². The van der Waals surface area contributed by atoms with E-state index in [1.807, 2.05) is 0 Å². The molecule has 0 amide bonds. The van der Waals surface area contributed by atoms with Gasteiger partial charge in [0.05, 0.1) is 4.92 Å². The highest BCUT2D eigenvalue weighted by atomic mass is 16.6. The summed E-state index contributed by atoms with van der Waals surface area (Å²) < 4.78 is 0. The third-order valence-electron chi connectivity index (χ3n) is 3.36. The molecule has 1 aromatic carbocycles. The van der Waals surface area contributed by atoms with E-state index in [4.69, 9.17) is 5.11 Å². The van der Waals surface area contributed by atoms with E-state index in [2.05, 4.69) is 6.92 Å². The van der Waals surface area contributed by atoms with Crippen LogP contribution < -0.4 is 0 Å². The first-order valence-electron chi connectivity index (χ1n) is 6.93. The van der Waals surface area contributed by atoms with Gasteiger partial charge in [-0.1, -0.05) is 38.8 Å². The first-order chi connectivity index (χ1) is 9.51. The number of aliphatic hydroxyl groups is 1. The molecule has 0 aliphatic heterocycles. The van der Waals surface area contributed by atoms with Gasteiger partial charge in [-0.25, -0.2) is 0 Å². The fraction of sp³-hybridized carbons (Fsp3) is 0.533. The zero-order chi connectivity index (χ0) is 15.1. The summed E-state index contributed by atoms with van der Waals surface area (Å²) in [5.41, 5.74) is 0.747. The lowest BCUT2D eigenvalue weighted by atomic mass is 9.96. The number of nitrogens with zero attached hydrogens (tertiary/aromatic N) is 1. The van der Waals surface area contributed by atoms with Gasteiger partial charge in [-0.15, -0.1) is 0 Å². The molecule has 1 aromatic rings. The van der Waals surface area contributed by atoms with Crippen molar-refractivity contribution in [2.45, 2.75) is 45.4 Å². The van der Waals surface area contributed by atoms with Crippen molar-refractivity contribution in [1.82, 2.24) is 0 Å². The van der Waals surface area contributed by atoms with E-state index in [0.717, 1.165) is 19.3 Å². The molecule has 0 saturated carbocycles. The Morgan fingerprint density at radius 1 is 1.40 bits per heavy atom. The Kier molecular flexibility index (Phi) is 6.31. The quantitative estimate of drug-likeness (QED) is 0.342. The molecule has 5 heteroatoms. The van der Waals surface area contributed by atoms with Crippen molar-refractivity contribution in [3.63, 3.8) is 0 Å². The number of carbonyl (C=O) groups excluding carboxylic acids is 1. The van der Waals surface area contributed by atoms with Crippen molar-refractivity contribution in [2.24, 2.45) is 0 Å². The van der Waals surface area contributed by atoms with Crippen LogP contribution in [0, 0.1) is 10.1 Å². The third kappa shape index (κ3) is 4.13. The van der Waals surface area contributed by atoms with E-state index in [-0.39, 0.29) is 24.0 Å². The zero-order valence-corrected chi connectivity index (χ0v) is 12.0. The molecule has 110 valence electrons. The summed E-state index contributed by atoms with van der Waals surface area (Å²) in [5, 5.41) is 20.2. The topological polar surface area (TPSA) is 80.4 Å². The zero-order valence-electron chi connectivity index (χ0n) is 12.0. The Morgan fingerprint density at radius 2 is 2.10 bits per heavy atom. The lowest BCUT2D eigenvalue weighted by Crippen LogP contribution is -2.06. The second-order valence-electron chi connectivity index (χ2n) is 4.99. The van der Waals surface area contributed by atoms with Crippen molar-refractivity contribution in [1.29, 1.82) is 0 Å².